The van der Waals surface area contributed by atoms with Crippen LogP contribution in [0.4, 0.5) is 0 Å². The van der Waals surface area contributed by atoms with Crippen molar-refractivity contribution in [1.29, 1.82) is 0 Å². The second-order valence-corrected chi connectivity index (χ2v) is 8.92. The van der Waals surface area contributed by atoms with E-state index in [1.54, 1.807) is 0 Å². The van der Waals surface area contributed by atoms with E-state index in [-0.39, 0.29) is 0 Å². The van der Waals surface area contributed by atoms with E-state index in [1.807, 2.05) is 0 Å². The Kier molecular flexibility index (Phi) is 7.37. The molecule has 0 radical (unpaired) electrons. The molecule has 114 valence electrons. The molecule has 0 saturated heterocycles. The molecule has 1 nitrogen and oxygen atoms in total. The number of allylic oxidation sites excluding steroid dienone is 1. The number of fused-ring (bicyclic) bond motifs is 1. The summed E-state index contributed by atoms with van der Waals surface area (Å²) < 4.78 is 0. The average molecular weight is 411 g/mol. The van der Waals surface area contributed by atoms with Gasteiger partial charge < -0.3 is 5.73 Å². The number of benzene rings is 2. The van der Waals surface area contributed by atoms with Crippen molar-refractivity contribution in [1.82, 2.24) is 0 Å². The topological polar surface area (TPSA) is 26.0 Å². The minimum atomic E-state index is -0.826. The van der Waals surface area contributed by atoms with E-state index in [0.29, 0.717) is 6.54 Å². The first-order valence-corrected chi connectivity index (χ1v) is 13.6. The van der Waals surface area contributed by atoms with Crippen LogP contribution in [0.5, 0.6) is 0 Å². The van der Waals surface area contributed by atoms with Gasteiger partial charge in [0.15, 0.2) is 0 Å². The molecule has 0 fully saturated rings. The molecule has 0 aromatic heterocycles. The Balaban J connectivity index is 0.000000545. The molecule has 0 heterocycles. The molecule has 2 aromatic carbocycles. The molecule has 0 amide bonds. The van der Waals surface area contributed by atoms with Crippen LogP contribution >= 0.6 is 17.0 Å². The molecule has 2 aromatic rings. The molecule has 1 aliphatic carbocycles. The summed E-state index contributed by atoms with van der Waals surface area (Å²) in [6, 6.07) is 15.2. The molecule has 0 atom stereocenters. The van der Waals surface area contributed by atoms with Crippen LogP contribution in [0, 0.1) is 0 Å². The molecule has 4 heteroatoms. The summed E-state index contributed by atoms with van der Waals surface area (Å²) in [5, 5.41) is 0. The van der Waals surface area contributed by atoms with Gasteiger partial charge in [-0.15, -0.1) is 0 Å². The summed E-state index contributed by atoms with van der Waals surface area (Å²) in [5.41, 5.74) is 13.8. The number of hydrogen-bond acceptors (Lipinski definition) is 1. The van der Waals surface area contributed by atoms with Crippen molar-refractivity contribution in [2.45, 2.75) is 26.3 Å². The molecular weight excluding hydrogens is 392 g/mol. The summed E-state index contributed by atoms with van der Waals surface area (Å²) in [6.45, 7) is 2.83. The first-order chi connectivity index (χ1) is 10.7. The Morgan fingerprint density at radius 2 is 1.77 bits per heavy atom. The van der Waals surface area contributed by atoms with Gasteiger partial charge in [0, 0.05) is 6.54 Å². The average Bonchev–Trinajstić information content (AvgIpc) is 2.99. The predicted molar refractivity (Wildman–Crippen MR) is 93.4 cm³/mol. The maximum absolute atomic E-state index is 5.66. The molecule has 22 heavy (non-hydrogen) atoms. The normalized spacial score (nSPS) is 12.1. The van der Waals surface area contributed by atoms with E-state index < -0.39 is 20.8 Å². The van der Waals surface area contributed by atoms with Crippen LogP contribution < -0.4 is 5.73 Å². The van der Waals surface area contributed by atoms with Gasteiger partial charge in [0.1, 0.15) is 0 Å². The van der Waals surface area contributed by atoms with Gasteiger partial charge in [-0.25, -0.2) is 0 Å². The summed E-state index contributed by atoms with van der Waals surface area (Å²) in [6.07, 6.45) is 4.61. The van der Waals surface area contributed by atoms with Crippen molar-refractivity contribution in [3.05, 3.63) is 64.7 Å². The fourth-order valence-electron chi connectivity index (χ4n) is 2.74. The van der Waals surface area contributed by atoms with Gasteiger partial charge in [0.25, 0.3) is 0 Å². The first kappa shape index (κ1) is 17.9. The molecule has 0 spiro atoms. The molecule has 1 aliphatic rings. The Morgan fingerprint density at radius 3 is 2.36 bits per heavy atom. The zero-order chi connectivity index (χ0) is 15.9. The van der Waals surface area contributed by atoms with Crippen molar-refractivity contribution >= 4 is 23.1 Å². The monoisotopic (exact) mass is 409 g/mol. The Labute approximate surface area is 151 Å². The first-order valence-electron chi connectivity index (χ1n) is 7.30. The fourth-order valence-corrected chi connectivity index (χ4v) is 2.74. The van der Waals surface area contributed by atoms with Gasteiger partial charge in [0.2, 0.25) is 0 Å². The van der Waals surface area contributed by atoms with Gasteiger partial charge in [0.05, 0.1) is 0 Å². The molecular formula is C18H19Cl2NZr. The van der Waals surface area contributed by atoms with Gasteiger partial charge in [-0.2, -0.15) is 0 Å². The standard InChI is InChI=1S/C18H19N.2ClH.Zr/c1-2-13-10-16-4-3-5-17(18(16)11-13)15-8-6-14(12-19)7-9-15;;;/h3-9,11H,2,10,12,19H2,1H3;2*1H;/q;;;+2/p-2. The van der Waals surface area contributed by atoms with Crippen LogP contribution in [0.15, 0.2) is 48.0 Å². The molecule has 0 bridgehead atoms. The van der Waals surface area contributed by atoms with Crippen molar-refractivity contribution in [3.8, 4) is 11.1 Å². The maximum atomic E-state index is 5.66. The second-order valence-electron chi connectivity index (χ2n) is 5.18. The van der Waals surface area contributed by atoms with Crippen LogP contribution in [0.2, 0.25) is 0 Å². The van der Waals surface area contributed by atoms with E-state index in [2.05, 4.69) is 55.5 Å². The summed E-state index contributed by atoms with van der Waals surface area (Å²) in [4.78, 5) is 0. The van der Waals surface area contributed by atoms with E-state index in [9.17, 15) is 0 Å². The molecule has 0 saturated carbocycles. The van der Waals surface area contributed by atoms with E-state index in [1.165, 1.54) is 33.4 Å². The number of rotatable bonds is 3. The van der Waals surface area contributed by atoms with E-state index in [0.717, 1.165) is 12.8 Å². The fraction of sp³-hybridized carbons (Fsp3) is 0.222. The summed E-state index contributed by atoms with van der Waals surface area (Å²) >= 11 is -0.826. The van der Waals surface area contributed by atoms with Gasteiger partial charge in [-0.3, -0.25) is 0 Å². The molecule has 0 aliphatic heterocycles. The zero-order valence-electron chi connectivity index (χ0n) is 12.6. The van der Waals surface area contributed by atoms with Crippen LogP contribution in [-0.2, 0) is 33.8 Å². The van der Waals surface area contributed by atoms with Gasteiger partial charge in [-0.05, 0) is 40.7 Å². The number of hydrogen-bond donors (Lipinski definition) is 1. The second kappa shape index (κ2) is 9.03. The quantitative estimate of drug-likeness (QED) is 0.705. The number of halogens is 2. The van der Waals surface area contributed by atoms with E-state index in [4.69, 9.17) is 22.8 Å². The minimum absolute atomic E-state index is 0.604. The summed E-state index contributed by atoms with van der Waals surface area (Å²) in [7, 11) is 9.87. The number of nitrogens with two attached hydrogens (primary N) is 1. The SMILES string of the molecule is CCC1=Cc2c(cccc2-c2ccc(CN)cc2)C1.[Cl][Zr][Cl]. The third-order valence-electron chi connectivity index (χ3n) is 3.92. The molecule has 0 unspecified atom stereocenters. The molecule has 3 rings (SSSR count). The van der Waals surface area contributed by atoms with Crippen molar-refractivity contribution in [2.24, 2.45) is 5.73 Å². The Hall–Kier alpha value is -0.397. The van der Waals surface area contributed by atoms with Crippen LogP contribution in [-0.4, -0.2) is 0 Å². The Morgan fingerprint density at radius 1 is 1.09 bits per heavy atom. The van der Waals surface area contributed by atoms with Crippen LogP contribution in [0.1, 0.15) is 30.0 Å². The Bertz CT molecular complexity index is 651. The molecule has 2 N–H and O–H groups in total. The van der Waals surface area contributed by atoms with Crippen molar-refractivity contribution in [2.75, 3.05) is 0 Å². The van der Waals surface area contributed by atoms with Crippen molar-refractivity contribution < 1.29 is 20.8 Å². The zero-order valence-corrected chi connectivity index (χ0v) is 16.5. The predicted octanol–water partition coefficient (Wildman–Crippen LogP) is 5.54. The van der Waals surface area contributed by atoms with Crippen LogP contribution in [0.3, 0.4) is 0 Å². The third-order valence-corrected chi connectivity index (χ3v) is 3.92. The van der Waals surface area contributed by atoms with Gasteiger partial charge >= 0.3 is 37.9 Å². The third kappa shape index (κ3) is 4.33. The van der Waals surface area contributed by atoms with Crippen LogP contribution in [0.25, 0.3) is 17.2 Å². The van der Waals surface area contributed by atoms with Gasteiger partial charge in [-0.1, -0.05) is 61.0 Å². The van der Waals surface area contributed by atoms with E-state index >= 15 is 0 Å². The van der Waals surface area contributed by atoms with Crippen molar-refractivity contribution in [3.63, 3.8) is 0 Å². The summed E-state index contributed by atoms with van der Waals surface area (Å²) in [5.74, 6) is 0.